The molecule has 11 heavy (non-hydrogen) atoms. The molecular formula is C7H15NO3. The highest BCUT2D eigenvalue weighted by atomic mass is 16.7. The molecule has 3 N–H and O–H groups in total. The van der Waals surface area contributed by atoms with Crippen molar-refractivity contribution < 1.29 is 14.6 Å². The van der Waals surface area contributed by atoms with Gasteiger partial charge in [0.05, 0.1) is 12.2 Å². The van der Waals surface area contributed by atoms with Crippen LogP contribution in [0.5, 0.6) is 0 Å². The smallest absolute Gasteiger partial charge is 0.159 e. The second kappa shape index (κ2) is 3.49. The first-order valence-corrected chi connectivity index (χ1v) is 3.77. The summed E-state index contributed by atoms with van der Waals surface area (Å²) in [5, 5.41) is 9.35. The molecule has 0 aliphatic carbocycles. The van der Waals surface area contributed by atoms with Crippen molar-refractivity contribution in [3.8, 4) is 0 Å². The van der Waals surface area contributed by atoms with E-state index in [1.54, 1.807) is 14.0 Å². The highest BCUT2D eigenvalue weighted by molar-refractivity contribution is 4.82. The van der Waals surface area contributed by atoms with Crippen molar-refractivity contribution in [2.45, 2.75) is 37.9 Å². The molecule has 0 saturated carbocycles. The van der Waals surface area contributed by atoms with Crippen LogP contribution in [0.2, 0.25) is 0 Å². The van der Waals surface area contributed by atoms with Crippen molar-refractivity contribution in [2.75, 3.05) is 7.11 Å². The number of methoxy groups -OCH3 is 1. The van der Waals surface area contributed by atoms with Crippen LogP contribution in [0.3, 0.4) is 0 Å². The standard InChI is InChI=1S/C7H15NO3/c1-4-7(9)5(8)3-6(10-2)11-4/h4-7,9H,3,8H2,1-2H3/t4?,5?,6-,7+/m0/s1. The van der Waals surface area contributed by atoms with Gasteiger partial charge in [0.25, 0.3) is 0 Å². The molecule has 1 aliphatic heterocycles. The molecule has 0 bridgehead atoms. The summed E-state index contributed by atoms with van der Waals surface area (Å²) < 4.78 is 10.2. The average Bonchev–Trinajstić information content (AvgIpc) is 1.99. The van der Waals surface area contributed by atoms with Gasteiger partial charge in [-0.05, 0) is 6.92 Å². The summed E-state index contributed by atoms with van der Waals surface area (Å²) in [6, 6.07) is -0.233. The molecule has 0 spiro atoms. The molecule has 0 aromatic heterocycles. The third kappa shape index (κ3) is 1.90. The number of ether oxygens (including phenoxy) is 2. The summed E-state index contributed by atoms with van der Waals surface area (Å²) in [5.74, 6) is 0. The molecule has 0 amide bonds. The molecule has 1 aliphatic rings. The molecule has 2 unspecified atom stereocenters. The topological polar surface area (TPSA) is 64.7 Å². The monoisotopic (exact) mass is 161 g/mol. The van der Waals surface area contributed by atoms with Crippen LogP contribution in [-0.4, -0.2) is 36.8 Å². The minimum Gasteiger partial charge on any atom is -0.389 e. The molecule has 1 heterocycles. The van der Waals surface area contributed by atoms with Gasteiger partial charge in [0.1, 0.15) is 0 Å². The largest absolute Gasteiger partial charge is 0.389 e. The molecule has 0 aromatic rings. The van der Waals surface area contributed by atoms with E-state index in [1.807, 2.05) is 0 Å². The lowest BCUT2D eigenvalue weighted by Crippen LogP contribution is -2.51. The number of nitrogens with two attached hydrogens (primary N) is 1. The minimum atomic E-state index is -0.568. The van der Waals surface area contributed by atoms with E-state index in [4.69, 9.17) is 15.2 Å². The van der Waals surface area contributed by atoms with Crippen LogP contribution < -0.4 is 5.73 Å². The normalized spacial score (nSPS) is 45.8. The Hall–Kier alpha value is -0.160. The molecule has 1 saturated heterocycles. The predicted molar refractivity (Wildman–Crippen MR) is 39.9 cm³/mol. The summed E-state index contributed by atoms with van der Waals surface area (Å²) in [6.07, 6.45) is -0.504. The molecule has 4 nitrogen and oxygen atoms in total. The van der Waals surface area contributed by atoms with Crippen molar-refractivity contribution in [3.63, 3.8) is 0 Å². The summed E-state index contributed by atoms with van der Waals surface area (Å²) in [5.41, 5.74) is 5.62. The van der Waals surface area contributed by atoms with Gasteiger partial charge >= 0.3 is 0 Å². The van der Waals surface area contributed by atoms with E-state index in [9.17, 15) is 5.11 Å². The lowest BCUT2D eigenvalue weighted by atomic mass is 10.0. The molecule has 1 fully saturated rings. The Labute approximate surface area is 66.3 Å². The molecular weight excluding hydrogens is 146 g/mol. The zero-order chi connectivity index (χ0) is 8.43. The van der Waals surface area contributed by atoms with Gasteiger partial charge in [0.2, 0.25) is 0 Å². The van der Waals surface area contributed by atoms with Gasteiger partial charge in [0.15, 0.2) is 6.29 Å². The average molecular weight is 161 g/mol. The zero-order valence-corrected chi connectivity index (χ0v) is 6.86. The van der Waals surface area contributed by atoms with Gasteiger partial charge in [-0.3, -0.25) is 0 Å². The number of aliphatic hydroxyl groups excluding tert-OH is 1. The van der Waals surface area contributed by atoms with E-state index >= 15 is 0 Å². The van der Waals surface area contributed by atoms with E-state index in [-0.39, 0.29) is 18.4 Å². The number of hydrogen-bond acceptors (Lipinski definition) is 4. The Bertz CT molecular complexity index is 119. The quantitative estimate of drug-likeness (QED) is 0.542. The minimum absolute atomic E-state index is 0.233. The van der Waals surface area contributed by atoms with E-state index in [1.165, 1.54) is 0 Å². The van der Waals surface area contributed by atoms with Gasteiger partial charge in [-0.2, -0.15) is 0 Å². The van der Waals surface area contributed by atoms with Crippen molar-refractivity contribution in [1.29, 1.82) is 0 Å². The summed E-state index contributed by atoms with van der Waals surface area (Å²) >= 11 is 0. The van der Waals surface area contributed by atoms with Gasteiger partial charge < -0.3 is 20.3 Å². The molecule has 4 atom stereocenters. The summed E-state index contributed by atoms with van der Waals surface area (Å²) in [4.78, 5) is 0. The molecule has 0 aromatic carbocycles. The maximum Gasteiger partial charge on any atom is 0.159 e. The fraction of sp³-hybridized carbons (Fsp3) is 1.00. The van der Waals surface area contributed by atoms with Crippen LogP contribution in [0.4, 0.5) is 0 Å². The van der Waals surface area contributed by atoms with Gasteiger partial charge in [0, 0.05) is 19.6 Å². The Morgan fingerprint density at radius 3 is 2.73 bits per heavy atom. The molecule has 1 rings (SSSR count). The van der Waals surface area contributed by atoms with Gasteiger partial charge in [-0.15, -0.1) is 0 Å². The summed E-state index contributed by atoms with van der Waals surface area (Å²) in [6.45, 7) is 1.79. The van der Waals surface area contributed by atoms with Crippen LogP contribution in [-0.2, 0) is 9.47 Å². The molecule has 0 radical (unpaired) electrons. The van der Waals surface area contributed by atoms with Gasteiger partial charge in [-0.1, -0.05) is 0 Å². The lowest BCUT2D eigenvalue weighted by Gasteiger charge is -2.35. The van der Waals surface area contributed by atoms with Crippen molar-refractivity contribution in [1.82, 2.24) is 0 Å². The summed E-state index contributed by atoms with van der Waals surface area (Å²) in [7, 11) is 1.57. The number of aliphatic hydroxyl groups is 1. The predicted octanol–water partition coefficient (Wildman–Crippen LogP) is -0.544. The van der Waals surface area contributed by atoms with E-state index in [0.29, 0.717) is 6.42 Å². The maximum absolute atomic E-state index is 9.35. The van der Waals surface area contributed by atoms with E-state index in [2.05, 4.69) is 0 Å². The number of hydrogen-bond donors (Lipinski definition) is 2. The lowest BCUT2D eigenvalue weighted by molar-refractivity contribution is -0.211. The Morgan fingerprint density at radius 2 is 2.27 bits per heavy atom. The van der Waals surface area contributed by atoms with Crippen LogP contribution in [0.15, 0.2) is 0 Å². The fourth-order valence-electron chi connectivity index (χ4n) is 1.24. The van der Waals surface area contributed by atoms with Crippen LogP contribution in [0.1, 0.15) is 13.3 Å². The fourth-order valence-corrected chi connectivity index (χ4v) is 1.24. The van der Waals surface area contributed by atoms with Crippen molar-refractivity contribution in [2.24, 2.45) is 5.73 Å². The first-order chi connectivity index (χ1) is 5.15. The highest BCUT2D eigenvalue weighted by Crippen LogP contribution is 2.18. The third-order valence-electron chi connectivity index (χ3n) is 2.01. The Kier molecular flexibility index (Phi) is 2.84. The number of rotatable bonds is 1. The van der Waals surface area contributed by atoms with Crippen molar-refractivity contribution >= 4 is 0 Å². The Balaban J connectivity index is 2.47. The Morgan fingerprint density at radius 1 is 1.64 bits per heavy atom. The van der Waals surface area contributed by atoms with Gasteiger partial charge in [-0.25, -0.2) is 0 Å². The molecule has 66 valence electrons. The van der Waals surface area contributed by atoms with Crippen LogP contribution >= 0.6 is 0 Å². The van der Waals surface area contributed by atoms with Crippen LogP contribution in [0, 0.1) is 0 Å². The SMILES string of the molecule is CO[C@@H]1CC(N)[C@H](O)C(C)O1. The van der Waals surface area contributed by atoms with Crippen LogP contribution in [0.25, 0.3) is 0 Å². The van der Waals surface area contributed by atoms with E-state index in [0.717, 1.165) is 0 Å². The second-order valence-corrected chi connectivity index (χ2v) is 2.90. The maximum atomic E-state index is 9.35. The zero-order valence-electron chi connectivity index (χ0n) is 6.86. The van der Waals surface area contributed by atoms with E-state index < -0.39 is 6.10 Å². The molecule has 4 heteroatoms. The highest BCUT2D eigenvalue weighted by Gasteiger charge is 2.32. The first kappa shape index (κ1) is 8.93. The second-order valence-electron chi connectivity index (χ2n) is 2.90. The van der Waals surface area contributed by atoms with Crippen molar-refractivity contribution in [3.05, 3.63) is 0 Å². The first-order valence-electron chi connectivity index (χ1n) is 3.77. The third-order valence-corrected chi connectivity index (χ3v) is 2.01.